The van der Waals surface area contributed by atoms with Gasteiger partial charge in [-0.3, -0.25) is 4.79 Å². The lowest BCUT2D eigenvalue weighted by Gasteiger charge is -2.15. The molecule has 0 aromatic heterocycles. The Morgan fingerprint density at radius 2 is 1.79 bits per heavy atom. The van der Waals surface area contributed by atoms with Crippen LogP contribution >= 0.6 is 0 Å². The number of anilines is 1. The third-order valence-electron chi connectivity index (χ3n) is 5.36. The highest BCUT2D eigenvalue weighted by Crippen LogP contribution is 2.36. The van der Waals surface area contributed by atoms with Gasteiger partial charge in [-0.15, -0.1) is 0 Å². The molecule has 1 aliphatic rings. The predicted octanol–water partition coefficient (Wildman–Crippen LogP) is 5.46. The highest BCUT2D eigenvalue weighted by molar-refractivity contribution is 5.93. The van der Waals surface area contributed by atoms with Crippen LogP contribution in [-0.2, 0) is 6.42 Å². The van der Waals surface area contributed by atoms with Crippen LogP contribution < -0.4 is 5.32 Å². The average molecular weight is 322 g/mol. The number of ketones is 1. The van der Waals surface area contributed by atoms with E-state index in [4.69, 9.17) is 0 Å². The Kier molecular flexibility index (Phi) is 5.34. The molecule has 2 aromatic rings. The zero-order chi connectivity index (χ0) is 16.9. The monoisotopic (exact) mass is 322 g/mol. The smallest absolute Gasteiger partial charge is 0.382 e. The van der Waals surface area contributed by atoms with E-state index < -0.39 is 0 Å². The molecule has 1 N–H and O–H groups in total. The van der Waals surface area contributed by atoms with Gasteiger partial charge in [-0.25, -0.2) is 0 Å². The fourth-order valence-corrected chi connectivity index (χ4v) is 3.88. The quantitative estimate of drug-likeness (QED) is 0.715. The maximum Gasteiger partial charge on any atom is 1.00 e. The standard InChI is InChI=1S/C22H27NO/c1-16-14-22(23-21-6-4-3-5-7-21)15-20(16)13-10-18-8-11-19(12-9-18)17(2)24/h3-9,11-12,16,20,22-23H,10,13-15H2,1-2H3/p+1. The Morgan fingerprint density at radius 1 is 1.08 bits per heavy atom. The second kappa shape index (κ2) is 7.65. The van der Waals surface area contributed by atoms with E-state index in [9.17, 15) is 4.79 Å². The van der Waals surface area contributed by atoms with Crippen molar-refractivity contribution in [1.82, 2.24) is 0 Å². The zero-order valence-corrected chi connectivity index (χ0v) is 14.7. The lowest BCUT2D eigenvalue weighted by atomic mass is 9.91. The van der Waals surface area contributed by atoms with Crippen molar-refractivity contribution in [3.05, 3.63) is 65.7 Å². The molecule has 2 aromatic carbocycles. The Balaban J connectivity index is 0.00000225. The minimum atomic E-state index is 0. The van der Waals surface area contributed by atoms with Gasteiger partial charge in [-0.2, -0.15) is 0 Å². The van der Waals surface area contributed by atoms with Gasteiger partial charge in [0.15, 0.2) is 5.78 Å². The summed E-state index contributed by atoms with van der Waals surface area (Å²) in [5.74, 6) is 1.68. The number of Topliss-reactive ketones (excluding diaryl/α,β-unsaturated/α-hetero) is 1. The van der Waals surface area contributed by atoms with Crippen LogP contribution in [0.2, 0.25) is 0 Å². The minimum absolute atomic E-state index is 0. The largest absolute Gasteiger partial charge is 1.00 e. The third kappa shape index (κ3) is 4.25. The number of aryl methyl sites for hydroxylation is 1. The molecular formula is C22H28NO+. The number of hydrogen-bond donors (Lipinski definition) is 1. The molecule has 3 rings (SSSR count). The zero-order valence-electron chi connectivity index (χ0n) is 15.7. The summed E-state index contributed by atoms with van der Waals surface area (Å²) in [5.41, 5.74) is 3.38. The minimum Gasteiger partial charge on any atom is -0.382 e. The molecule has 24 heavy (non-hydrogen) atoms. The summed E-state index contributed by atoms with van der Waals surface area (Å²) < 4.78 is 0. The first kappa shape index (κ1) is 16.8. The van der Waals surface area contributed by atoms with Crippen LogP contribution in [0.3, 0.4) is 0 Å². The van der Waals surface area contributed by atoms with Crippen molar-refractivity contribution in [2.75, 3.05) is 5.32 Å². The van der Waals surface area contributed by atoms with Gasteiger partial charge in [-0.1, -0.05) is 49.4 Å². The molecule has 1 aliphatic carbocycles. The Morgan fingerprint density at radius 3 is 2.46 bits per heavy atom. The van der Waals surface area contributed by atoms with Crippen molar-refractivity contribution in [3.63, 3.8) is 0 Å². The van der Waals surface area contributed by atoms with Crippen molar-refractivity contribution < 1.29 is 6.22 Å². The molecule has 1 fully saturated rings. The van der Waals surface area contributed by atoms with Crippen molar-refractivity contribution in [2.24, 2.45) is 11.8 Å². The number of hydrogen-bond acceptors (Lipinski definition) is 2. The highest BCUT2D eigenvalue weighted by atomic mass is 16.1. The molecule has 3 atom stereocenters. The maximum atomic E-state index is 11.3. The van der Waals surface area contributed by atoms with E-state index >= 15 is 0 Å². The van der Waals surface area contributed by atoms with Gasteiger partial charge in [0.25, 0.3) is 0 Å². The van der Waals surface area contributed by atoms with Crippen LogP contribution in [-0.4, -0.2) is 11.8 Å². The molecule has 0 radical (unpaired) electrons. The first-order chi connectivity index (χ1) is 11.6. The number of carbonyl (C=O) groups excluding carboxylic acids is 1. The van der Waals surface area contributed by atoms with Gasteiger partial charge in [0.1, 0.15) is 0 Å². The summed E-state index contributed by atoms with van der Waals surface area (Å²) in [4.78, 5) is 11.3. The Labute approximate surface area is 146 Å². The molecule has 0 amide bonds. The molecule has 2 nitrogen and oxygen atoms in total. The Bertz CT molecular complexity index is 668. The van der Waals surface area contributed by atoms with Gasteiger partial charge in [0.05, 0.1) is 0 Å². The lowest BCUT2D eigenvalue weighted by Crippen LogP contribution is -2.15. The second-order valence-corrected chi connectivity index (χ2v) is 7.21. The number of rotatable bonds is 6. The SMILES string of the molecule is CC(=O)c1ccc(CCC2CC(Nc3ccccc3)CC2C)cc1.[H+]. The molecule has 2 heteroatoms. The van der Waals surface area contributed by atoms with Crippen molar-refractivity contribution >= 4 is 11.5 Å². The van der Waals surface area contributed by atoms with Crippen molar-refractivity contribution in [1.29, 1.82) is 0 Å². The molecule has 3 unspecified atom stereocenters. The van der Waals surface area contributed by atoms with E-state index in [1.54, 1.807) is 6.92 Å². The summed E-state index contributed by atoms with van der Waals surface area (Å²) in [6, 6.07) is 19.2. The first-order valence-corrected chi connectivity index (χ1v) is 9.03. The topological polar surface area (TPSA) is 29.1 Å². The lowest BCUT2D eigenvalue weighted by molar-refractivity contribution is 0.101. The molecule has 0 saturated heterocycles. The normalized spacial score (nSPS) is 23.2. The third-order valence-corrected chi connectivity index (χ3v) is 5.36. The van der Waals surface area contributed by atoms with Crippen LogP contribution in [0.4, 0.5) is 5.69 Å². The highest BCUT2D eigenvalue weighted by Gasteiger charge is 2.30. The van der Waals surface area contributed by atoms with Crippen LogP contribution in [0.25, 0.3) is 0 Å². The molecule has 0 aliphatic heterocycles. The average Bonchev–Trinajstić information content (AvgIpc) is 2.93. The number of carbonyl (C=O) groups is 1. The van der Waals surface area contributed by atoms with Gasteiger partial charge >= 0.3 is 1.43 Å². The van der Waals surface area contributed by atoms with Crippen molar-refractivity contribution in [2.45, 2.75) is 45.6 Å². The maximum absolute atomic E-state index is 11.3. The summed E-state index contributed by atoms with van der Waals surface area (Å²) in [5, 5.41) is 3.68. The first-order valence-electron chi connectivity index (χ1n) is 9.03. The van der Waals surface area contributed by atoms with E-state index in [-0.39, 0.29) is 7.21 Å². The van der Waals surface area contributed by atoms with Gasteiger partial charge < -0.3 is 5.32 Å². The molecule has 0 bridgehead atoms. The van der Waals surface area contributed by atoms with Crippen LogP contribution in [0.5, 0.6) is 0 Å². The van der Waals surface area contributed by atoms with Crippen LogP contribution in [0, 0.1) is 11.8 Å². The second-order valence-electron chi connectivity index (χ2n) is 7.21. The van der Waals surface area contributed by atoms with Crippen LogP contribution in [0.1, 0.15) is 50.5 Å². The molecule has 126 valence electrons. The molecule has 0 heterocycles. The van der Waals surface area contributed by atoms with Gasteiger partial charge in [0, 0.05) is 17.3 Å². The van der Waals surface area contributed by atoms with Crippen molar-refractivity contribution in [3.8, 4) is 0 Å². The van der Waals surface area contributed by atoms with Crippen LogP contribution in [0.15, 0.2) is 54.6 Å². The summed E-state index contributed by atoms with van der Waals surface area (Å²) in [7, 11) is 0. The van der Waals surface area contributed by atoms with E-state index in [0.29, 0.717) is 6.04 Å². The number of benzene rings is 2. The number of para-hydroxylation sites is 1. The van der Waals surface area contributed by atoms with Gasteiger partial charge in [0.2, 0.25) is 0 Å². The van der Waals surface area contributed by atoms with E-state index in [2.05, 4.69) is 54.7 Å². The van der Waals surface area contributed by atoms with E-state index in [0.717, 1.165) is 23.8 Å². The molecule has 0 spiro atoms. The summed E-state index contributed by atoms with van der Waals surface area (Å²) >= 11 is 0. The summed E-state index contributed by atoms with van der Waals surface area (Å²) in [6.45, 7) is 4.01. The summed E-state index contributed by atoms with van der Waals surface area (Å²) in [6.07, 6.45) is 4.84. The predicted molar refractivity (Wildman–Crippen MR) is 102 cm³/mol. The molecule has 1 saturated carbocycles. The van der Waals surface area contributed by atoms with E-state index in [1.165, 1.54) is 30.5 Å². The molecular weight excluding hydrogens is 294 g/mol. The fraction of sp³-hybridized carbons (Fsp3) is 0.409. The van der Waals surface area contributed by atoms with E-state index in [1.807, 2.05) is 12.1 Å². The Hall–Kier alpha value is -2.09. The van der Waals surface area contributed by atoms with Gasteiger partial charge in [-0.05, 0) is 62.1 Å². The number of nitrogens with one attached hydrogen (secondary N) is 1. The fourth-order valence-electron chi connectivity index (χ4n) is 3.88.